The molecule has 1 aliphatic carbocycles. The van der Waals surface area contributed by atoms with Gasteiger partial charge in [-0.3, -0.25) is 0 Å². The Kier molecular flexibility index (Phi) is 3.52. The molecule has 0 aliphatic heterocycles. The third-order valence-electron chi connectivity index (χ3n) is 3.13. The Labute approximate surface area is 105 Å². The molecule has 1 aliphatic rings. The zero-order valence-corrected chi connectivity index (χ0v) is 10.4. The van der Waals surface area contributed by atoms with Crippen LogP contribution in [0, 0.1) is 5.92 Å². The van der Waals surface area contributed by atoms with Crippen molar-refractivity contribution in [3.05, 3.63) is 22.8 Å². The van der Waals surface area contributed by atoms with Crippen LogP contribution in [-0.2, 0) is 0 Å². The lowest BCUT2D eigenvalue weighted by Gasteiger charge is -2.15. The van der Waals surface area contributed by atoms with Crippen LogP contribution < -0.4 is 5.32 Å². The van der Waals surface area contributed by atoms with Crippen molar-refractivity contribution in [3.8, 4) is 0 Å². The van der Waals surface area contributed by atoms with Gasteiger partial charge < -0.3 is 10.4 Å². The zero-order valence-electron chi connectivity index (χ0n) is 9.61. The van der Waals surface area contributed by atoms with E-state index < -0.39 is 5.97 Å². The zero-order chi connectivity index (χ0) is 12.4. The average Bonchev–Trinajstić information content (AvgIpc) is 2.63. The predicted octanol–water partition coefficient (Wildman–Crippen LogP) is 3.03. The SMILES string of the molecule is CC1CCC(Nc2nc(Cl)ccc2C(=O)O)C1. The van der Waals surface area contributed by atoms with Gasteiger partial charge in [0.25, 0.3) is 0 Å². The largest absolute Gasteiger partial charge is 0.478 e. The van der Waals surface area contributed by atoms with Crippen molar-refractivity contribution in [3.63, 3.8) is 0 Å². The molecule has 2 unspecified atom stereocenters. The van der Waals surface area contributed by atoms with E-state index in [1.807, 2.05) is 0 Å². The molecule has 1 heterocycles. The highest BCUT2D eigenvalue weighted by Gasteiger charge is 2.23. The van der Waals surface area contributed by atoms with Gasteiger partial charge in [-0.25, -0.2) is 9.78 Å². The van der Waals surface area contributed by atoms with Crippen molar-refractivity contribution in [1.29, 1.82) is 0 Å². The maximum Gasteiger partial charge on any atom is 0.339 e. The maximum absolute atomic E-state index is 11.0. The lowest BCUT2D eigenvalue weighted by molar-refractivity contribution is 0.0697. The summed E-state index contributed by atoms with van der Waals surface area (Å²) in [5.41, 5.74) is 0.175. The molecule has 2 rings (SSSR count). The van der Waals surface area contributed by atoms with Crippen LogP contribution in [0.2, 0.25) is 5.15 Å². The van der Waals surface area contributed by atoms with Gasteiger partial charge in [0.05, 0.1) is 0 Å². The molecule has 2 N–H and O–H groups in total. The number of carboxylic acids is 1. The summed E-state index contributed by atoms with van der Waals surface area (Å²) in [6.45, 7) is 2.20. The van der Waals surface area contributed by atoms with Crippen molar-refractivity contribution >= 4 is 23.4 Å². The van der Waals surface area contributed by atoms with Gasteiger partial charge >= 0.3 is 5.97 Å². The van der Waals surface area contributed by atoms with Crippen LogP contribution in [-0.4, -0.2) is 22.1 Å². The topological polar surface area (TPSA) is 62.2 Å². The highest BCUT2D eigenvalue weighted by atomic mass is 35.5. The summed E-state index contributed by atoms with van der Waals surface area (Å²) in [6.07, 6.45) is 3.27. The van der Waals surface area contributed by atoms with Crippen LogP contribution in [0.1, 0.15) is 36.5 Å². The molecule has 92 valence electrons. The molecule has 17 heavy (non-hydrogen) atoms. The number of pyridine rings is 1. The first-order valence-corrected chi connectivity index (χ1v) is 6.10. The minimum absolute atomic E-state index is 0.175. The predicted molar refractivity (Wildman–Crippen MR) is 66.6 cm³/mol. The number of carbonyl (C=O) groups is 1. The number of rotatable bonds is 3. The van der Waals surface area contributed by atoms with Crippen LogP contribution in [0.3, 0.4) is 0 Å². The Bertz CT molecular complexity index is 437. The molecule has 1 aromatic heterocycles. The fraction of sp³-hybridized carbons (Fsp3) is 0.500. The Balaban J connectivity index is 2.19. The number of carboxylic acid groups (broad SMARTS) is 1. The van der Waals surface area contributed by atoms with Gasteiger partial charge in [0, 0.05) is 6.04 Å². The van der Waals surface area contributed by atoms with Crippen molar-refractivity contribution < 1.29 is 9.90 Å². The molecule has 0 aromatic carbocycles. The van der Waals surface area contributed by atoms with E-state index in [0.29, 0.717) is 22.9 Å². The number of halogens is 1. The minimum atomic E-state index is -0.984. The molecule has 2 atom stereocenters. The van der Waals surface area contributed by atoms with Gasteiger partial charge in [-0.05, 0) is 37.3 Å². The molecule has 5 heteroatoms. The average molecular weight is 255 g/mol. The normalized spacial score (nSPS) is 23.6. The molecule has 0 bridgehead atoms. The third-order valence-corrected chi connectivity index (χ3v) is 3.34. The number of nitrogens with zero attached hydrogens (tertiary/aromatic N) is 1. The molecule has 0 radical (unpaired) electrons. The van der Waals surface area contributed by atoms with Crippen LogP contribution in [0.4, 0.5) is 5.82 Å². The first-order valence-electron chi connectivity index (χ1n) is 5.72. The van der Waals surface area contributed by atoms with E-state index in [4.69, 9.17) is 16.7 Å². The second-order valence-electron chi connectivity index (χ2n) is 4.59. The lowest BCUT2D eigenvalue weighted by atomic mass is 10.1. The molecule has 1 fully saturated rings. The minimum Gasteiger partial charge on any atom is -0.478 e. The van der Waals surface area contributed by atoms with E-state index in [9.17, 15) is 4.79 Å². The highest BCUT2D eigenvalue weighted by molar-refractivity contribution is 6.29. The summed E-state index contributed by atoms with van der Waals surface area (Å²) in [6, 6.07) is 3.28. The number of aromatic nitrogens is 1. The summed E-state index contributed by atoms with van der Waals surface area (Å²) in [5, 5.41) is 12.6. The molecule has 0 spiro atoms. The van der Waals surface area contributed by atoms with Gasteiger partial charge in [-0.1, -0.05) is 18.5 Å². The molecule has 1 saturated carbocycles. The first kappa shape index (κ1) is 12.2. The molecular weight excluding hydrogens is 240 g/mol. The van der Waals surface area contributed by atoms with E-state index >= 15 is 0 Å². The second-order valence-corrected chi connectivity index (χ2v) is 4.98. The number of nitrogens with one attached hydrogen (secondary N) is 1. The fourth-order valence-corrected chi connectivity index (χ4v) is 2.40. The summed E-state index contributed by atoms with van der Waals surface area (Å²) < 4.78 is 0. The first-order chi connectivity index (χ1) is 8.06. The smallest absolute Gasteiger partial charge is 0.339 e. The maximum atomic E-state index is 11.0. The van der Waals surface area contributed by atoms with E-state index in [-0.39, 0.29) is 5.56 Å². The summed E-state index contributed by atoms with van der Waals surface area (Å²) >= 11 is 5.79. The standard InChI is InChI=1S/C12H15ClN2O2/c1-7-2-3-8(6-7)14-11-9(12(16)17)4-5-10(13)15-11/h4-5,7-8H,2-3,6H2,1H3,(H,14,15)(H,16,17). The van der Waals surface area contributed by atoms with Gasteiger partial charge in [-0.2, -0.15) is 0 Å². The van der Waals surface area contributed by atoms with E-state index in [1.165, 1.54) is 18.6 Å². The van der Waals surface area contributed by atoms with Crippen LogP contribution in [0.25, 0.3) is 0 Å². The summed E-state index contributed by atoms with van der Waals surface area (Å²) in [5.74, 6) is 0.0757. The summed E-state index contributed by atoms with van der Waals surface area (Å²) in [4.78, 5) is 15.1. The van der Waals surface area contributed by atoms with E-state index in [1.54, 1.807) is 0 Å². The third kappa shape index (κ3) is 2.88. The van der Waals surface area contributed by atoms with E-state index in [2.05, 4.69) is 17.2 Å². The van der Waals surface area contributed by atoms with Crippen molar-refractivity contribution in [2.75, 3.05) is 5.32 Å². The molecule has 0 amide bonds. The van der Waals surface area contributed by atoms with Crippen molar-refractivity contribution in [2.24, 2.45) is 5.92 Å². The molecule has 1 aromatic rings. The van der Waals surface area contributed by atoms with Gasteiger partial charge in [0.1, 0.15) is 16.5 Å². The van der Waals surface area contributed by atoms with Crippen LogP contribution in [0.5, 0.6) is 0 Å². The molecule has 4 nitrogen and oxygen atoms in total. The summed E-state index contributed by atoms with van der Waals surface area (Å²) in [7, 11) is 0. The Morgan fingerprint density at radius 3 is 2.88 bits per heavy atom. The quantitative estimate of drug-likeness (QED) is 0.814. The number of hydrogen-bond donors (Lipinski definition) is 2. The highest BCUT2D eigenvalue weighted by Crippen LogP contribution is 2.28. The van der Waals surface area contributed by atoms with Crippen LogP contribution >= 0.6 is 11.6 Å². The lowest BCUT2D eigenvalue weighted by Crippen LogP contribution is -2.18. The van der Waals surface area contributed by atoms with Crippen LogP contribution in [0.15, 0.2) is 12.1 Å². The monoisotopic (exact) mass is 254 g/mol. The van der Waals surface area contributed by atoms with Gasteiger partial charge in [-0.15, -0.1) is 0 Å². The van der Waals surface area contributed by atoms with Crippen molar-refractivity contribution in [2.45, 2.75) is 32.2 Å². The number of anilines is 1. The Morgan fingerprint density at radius 1 is 1.53 bits per heavy atom. The Hall–Kier alpha value is -1.29. The molecular formula is C12H15ClN2O2. The van der Waals surface area contributed by atoms with Crippen molar-refractivity contribution in [1.82, 2.24) is 4.98 Å². The second kappa shape index (κ2) is 4.92. The fourth-order valence-electron chi connectivity index (χ4n) is 2.25. The number of hydrogen-bond acceptors (Lipinski definition) is 3. The van der Waals surface area contributed by atoms with Gasteiger partial charge in [0.15, 0.2) is 0 Å². The number of aromatic carboxylic acids is 1. The Morgan fingerprint density at radius 2 is 2.29 bits per heavy atom. The molecule has 0 saturated heterocycles. The van der Waals surface area contributed by atoms with E-state index in [0.717, 1.165) is 12.8 Å². The van der Waals surface area contributed by atoms with Gasteiger partial charge in [0.2, 0.25) is 0 Å².